The van der Waals surface area contributed by atoms with Gasteiger partial charge in [-0.3, -0.25) is 4.79 Å². The predicted octanol–water partition coefficient (Wildman–Crippen LogP) is 2.61. The van der Waals surface area contributed by atoms with E-state index in [1.807, 2.05) is 18.2 Å². The Labute approximate surface area is 89.8 Å². The lowest BCUT2D eigenvalue weighted by Gasteiger charge is -2.19. The van der Waals surface area contributed by atoms with E-state index in [9.17, 15) is 4.79 Å². The van der Waals surface area contributed by atoms with Crippen molar-refractivity contribution in [2.24, 2.45) is 0 Å². The molecule has 1 nitrogen and oxygen atoms in total. The number of terminal acetylenes is 1. The third kappa shape index (κ3) is 1.71. The number of aldehydes is 1. The van der Waals surface area contributed by atoms with E-state index in [4.69, 9.17) is 6.42 Å². The fourth-order valence-corrected chi connectivity index (χ4v) is 2.07. The van der Waals surface area contributed by atoms with Crippen molar-refractivity contribution in [2.75, 3.05) is 0 Å². The monoisotopic (exact) mass is 196 g/mol. The number of rotatable bonds is 2. The van der Waals surface area contributed by atoms with Crippen molar-refractivity contribution in [3.05, 3.63) is 41.0 Å². The van der Waals surface area contributed by atoms with Crippen LogP contribution in [-0.4, -0.2) is 6.29 Å². The fraction of sp³-hybridized carbons (Fsp3) is 0.214. The van der Waals surface area contributed by atoms with E-state index in [1.165, 1.54) is 5.56 Å². The van der Waals surface area contributed by atoms with Crippen LogP contribution in [0, 0.1) is 12.3 Å². The molecule has 0 spiro atoms. The molecule has 0 saturated carbocycles. The summed E-state index contributed by atoms with van der Waals surface area (Å²) < 4.78 is 0. The first-order valence-corrected chi connectivity index (χ1v) is 5.05. The number of carbonyl (C=O) groups is 1. The van der Waals surface area contributed by atoms with Crippen LogP contribution in [0.1, 0.15) is 24.0 Å². The average molecular weight is 196 g/mol. The van der Waals surface area contributed by atoms with Gasteiger partial charge in [0.2, 0.25) is 0 Å². The Morgan fingerprint density at radius 1 is 1.33 bits per heavy atom. The normalized spacial score (nSPS) is 14.3. The lowest BCUT2D eigenvalue weighted by molar-refractivity contribution is -0.105. The van der Waals surface area contributed by atoms with Gasteiger partial charge in [-0.15, -0.1) is 12.3 Å². The smallest absolute Gasteiger partial charge is 0.146 e. The summed E-state index contributed by atoms with van der Waals surface area (Å²) in [4.78, 5) is 10.9. The number of hydrogen-bond acceptors (Lipinski definition) is 1. The number of aryl methyl sites for hydroxylation is 1. The van der Waals surface area contributed by atoms with Gasteiger partial charge < -0.3 is 0 Å². The van der Waals surface area contributed by atoms with Crippen LogP contribution >= 0.6 is 0 Å². The fourth-order valence-electron chi connectivity index (χ4n) is 2.07. The summed E-state index contributed by atoms with van der Waals surface area (Å²) in [6.45, 7) is 0. The van der Waals surface area contributed by atoms with E-state index in [0.717, 1.165) is 35.8 Å². The summed E-state index contributed by atoms with van der Waals surface area (Å²) in [6, 6.07) is 8.17. The number of allylic oxidation sites excluding steroid dienone is 2. The van der Waals surface area contributed by atoms with Crippen molar-refractivity contribution < 1.29 is 4.79 Å². The highest BCUT2D eigenvalue weighted by Crippen LogP contribution is 2.32. The minimum Gasteiger partial charge on any atom is -0.298 e. The molecular weight excluding hydrogens is 184 g/mol. The highest BCUT2D eigenvalue weighted by molar-refractivity contribution is 5.90. The highest BCUT2D eigenvalue weighted by Gasteiger charge is 2.16. The first kappa shape index (κ1) is 9.73. The molecule has 1 aromatic rings. The van der Waals surface area contributed by atoms with Crippen LogP contribution in [0.4, 0.5) is 0 Å². The van der Waals surface area contributed by atoms with E-state index in [2.05, 4.69) is 12.0 Å². The Morgan fingerprint density at radius 2 is 2.13 bits per heavy atom. The van der Waals surface area contributed by atoms with Gasteiger partial charge in [0, 0.05) is 6.42 Å². The average Bonchev–Trinajstić information content (AvgIpc) is 2.30. The molecule has 1 heteroatoms. The summed E-state index contributed by atoms with van der Waals surface area (Å²) in [7, 11) is 0. The zero-order chi connectivity index (χ0) is 10.7. The molecule has 0 bridgehead atoms. The SMILES string of the molecule is C#CCC1=C(C=O)CCc2ccccc21. The second-order valence-electron chi connectivity index (χ2n) is 3.66. The Kier molecular flexibility index (Phi) is 2.69. The maximum absolute atomic E-state index is 10.9. The van der Waals surface area contributed by atoms with Crippen molar-refractivity contribution in [3.8, 4) is 12.3 Å². The van der Waals surface area contributed by atoms with Gasteiger partial charge in [-0.05, 0) is 35.1 Å². The predicted molar refractivity (Wildman–Crippen MR) is 61.2 cm³/mol. The molecule has 0 saturated heterocycles. The molecule has 0 N–H and O–H groups in total. The van der Waals surface area contributed by atoms with Gasteiger partial charge in [-0.2, -0.15) is 0 Å². The van der Waals surface area contributed by atoms with Crippen molar-refractivity contribution in [2.45, 2.75) is 19.3 Å². The molecule has 15 heavy (non-hydrogen) atoms. The van der Waals surface area contributed by atoms with Gasteiger partial charge in [0.1, 0.15) is 6.29 Å². The number of fused-ring (bicyclic) bond motifs is 1. The van der Waals surface area contributed by atoms with Crippen LogP contribution in [0.25, 0.3) is 5.57 Å². The minimum atomic E-state index is 0.547. The molecule has 0 atom stereocenters. The lowest BCUT2D eigenvalue weighted by atomic mass is 9.85. The molecule has 1 aromatic carbocycles. The van der Waals surface area contributed by atoms with Gasteiger partial charge >= 0.3 is 0 Å². The maximum atomic E-state index is 10.9. The zero-order valence-corrected chi connectivity index (χ0v) is 8.49. The first-order chi connectivity index (χ1) is 7.36. The molecule has 0 aromatic heterocycles. The van der Waals surface area contributed by atoms with Crippen LogP contribution in [0.2, 0.25) is 0 Å². The Balaban J connectivity index is 2.56. The molecule has 0 fully saturated rings. The topological polar surface area (TPSA) is 17.1 Å². The summed E-state index contributed by atoms with van der Waals surface area (Å²) in [5, 5.41) is 0. The molecule has 1 aliphatic carbocycles. The molecule has 0 heterocycles. The Hall–Kier alpha value is -1.81. The number of hydrogen-bond donors (Lipinski definition) is 0. The largest absolute Gasteiger partial charge is 0.298 e. The van der Waals surface area contributed by atoms with Crippen LogP contribution in [0.5, 0.6) is 0 Å². The van der Waals surface area contributed by atoms with Crippen molar-refractivity contribution in [3.63, 3.8) is 0 Å². The summed E-state index contributed by atoms with van der Waals surface area (Å²) >= 11 is 0. The molecule has 1 aliphatic rings. The standard InChI is InChI=1S/C14H12O/c1-2-5-13-12(10-15)9-8-11-6-3-4-7-14(11)13/h1,3-4,6-7,10H,5,8-9H2. The lowest BCUT2D eigenvalue weighted by Crippen LogP contribution is -2.05. The van der Waals surface area contributed by atoms with E-state index in [1.54, 1.807) is 0 Å². The van der Waals surface area contributed by atoms with Crippen LogP contribution < -0.4 is 0 Å². The highest BCUT2D eigenvalue weighted by atomic mass is 16.1. The quantitative estimate of drug-likeness (QED) is 0.525. The second kappa shape index (κ2) is 4.14. The molecule has 0 aliphatic heterocycles. The summed E-state index contributed by atoms with van der Waals surface area (Å²) in [6.07, 6.45) is 8.59. The third-order valence-electron chi connectivity index (χ3n) is 2.81. The van der Waals surface area contributed by atoms with Gasteiger partial charge in [0.25, 0.3) is 0 Å². The van der Waals surface area contributed by atoms with Gasteiger partial charge in [0.05, 0.1) is 0 Å². The first-order valence-electron chi connectivity index (χ1n) is 5.05. The number of benzene rings is 1. The van der Waals surface area contributed by atoms with Crippen molar-refractivity contribution >= 4 is 11.9 Å². The minimum absolute atomic E-state index is 0.547. The van der Waals surface area contributed by atoms with Gasteiger partial charge in [-0.1, -0.05) is 24.3 Å². The van der Waals surface area contributed by atoms with Crippen molar-refractivity contribution in [1.82, 2.24) is 0 Å². The summed E-state index contributed by atoms with van der Waals surface area (Å²) in [5.41, 5.74) is 4.36. The van der Waals surface area contributed by atoms with Crippen LogP contribution in [0.15, 0.2) is 29.8 Å². The van der Waals surface area contributed by atoms with E-state index in [-0.39, 0.29) is 0 Å². The van der Waals surface area contributed by atoms with Gasteiger partial charge in [-0.25, -0.2) is 0 Å². The number of carbonyl (C=O) groups excluding carboxylic acids is 1. The molecule has 2 rings (SSSR count). The molecule has 0 unspecified atom stereocenters. The van der Waals surface area contributed by atoms with E-state index in [0.29, 0.717) is 6.42 Å². The Morgan fingerprint density at radius 3 is 2.87 bits per heavy atom. The zero-order valence-electron chi connectivity index (χ0n) is 8.49. The molecule has 0 amide bonds. The summed E-state index contributed by atoms with van der Waals surface area (Å²) in [5.74, 6) is 2.63. The van der Waals surface area contributed by atoms with E-state index < -0.39 is 0 Å². The third-order valence-corrected chi connectivity index (χ3v) is 2.81. The molecule has 0 radical (unpaired) electrons. The van der Waals surface area contributed by atoms with E-state index >= 15 is 0 Å². The molecule has 74 valence electrons. The molecular formula is C14H12O. The van der Waals surface area contributed by atoms with Crippen LogP contribution in [-0.2, 0) is 11.2 Å². The second-order valence-corrected chi connectivity index (χ2v) is 3.66. The Bertz CT molecular complexity index is 460. The van der Waals surface area contributed by atoms with Crippen LogP contribution in [0.3, 0.4) is 0 Å². The maximum Gasteiger partial charge on any atom is 0.146 e. The van der Waals surface area contributed by atoms with Crippen molar-refractivity contribution in [1.29, 1.82) is 0 Å². The van der Waals surface area contributed by atoms with Gasteiger partial charge in [0.15, 0.2) is 0 Å².